The number of aliphatic hydroxyl groups excluding tert-OH is 1. The van der Waals surface area contributed by atoms with E-state index in [0.717, 1.165) is 11.3 Å². The molecular weight excluding hydrogens is 238 g/mol. The molecule has 19 heavy (non-hydrogen) atoms. The van der Waals surface area contributed by atoms with Crippen LogP contribution in [0.5, 0.6) is 5.75 Å². The average molecular weight is 263 g/mol. The lowest BCUT2D eigenvalue weighted by Crippen LogP contribution is -2.49. The van der Waals surface area contributed by atoms with Gasteiger partial charge >= 0.3 is 0 Å². The van der Waals surface area contributed by atoms with E-state index in [0.29, 0.717) is 6.04 Å². The lowest BCUT2D eigenvalue weighted by molar-refractivity contribution is 0.148. The molecule has 1 unspecified atom stereocenters. The molecule has 1 aromatic carbocycles. The summed E-state index contributed by atoms with van der Waals surface area (Å²) >= 11 is 0. The van der Waals surface area contributed by atoms with Crippen LogP contribution in [0.1, 0.15) is 44.6 Å². The minimum absolute atomic E-state index is 0.0733. The second-order valence-electron chi connectivity index (χ2n) is 5.67. The Morgan fingerprint density at radius 2 is 1.95 bits per heavy atom. The first-order chi connectivity index (χ1) is 9.19. The fourth-order valence-electron chi connectivity index (χ4n) is 3.01. The Hall–Kier alpha value is -1.06. The summed E-state index contributed by atoms with van der Waals surface area (Å²) < 4.78 is 5.43. The maximum absolute atomic E-state index is 9.87. The van der Waals surface area contributed by atoms with Crippen molar-refractivity contribution in [2.24, 2.45) is 0 Å². The summed E-state index contributed by atoms with van der Waals surface area (Å²) in [6.07, 6.45) is 6.30. The van der Waals surface area contributed by atoms with E-state index in [1.165, 1.54) is 32.1 Å². The molecule has 2 N–H and O–H groups in total. The Kier molecular flexibility index (Phi) is 4.83. The zero-order valence-electron chi connectivity index (χ0n) is 12.0. The van der Waals surface area contributed by atoms with E-state index in [4.69, 9.17) is 4.74 Å². The van der Waals surface area contributed by atoms with Gasteiger partial charge in [-0.3, -0.25) is 0 Å². The highest BCUT2D eigenvalue weighted by molar-refractivity contribution is 5.39. The van der Waals surface area contributed by atoms with E-state index < -0.39 is 5.54 Å². The largest absolute Gasteiger partial charge is 0.496 e. The van der Waals surface area contributed by atoms with Gasteiger partial charge in [-0.2, -0.15) is 0 Å². The van der Waals surface area contributed by atoms with E-state index in [1.807, 2.05) is 24.3 Å². The van der Waals surface area contributed by atoms with Crippen LogP contribution < -0.4 is 10.1 Å². The van der Waals surface area contributed by atoms with Gasteiger partial charge in [0.15, 0.2) is 0 Å². The monoisotopic (exact) mass is 263 g/mol. The van der Waals surface area contributed by atoms with Gasteiger partial charge in [0.2, 0.25) is 0 Å². The molecule has 3 heteroatoms. The predicted molar refractivity (Wildman–Crippen MR) is 77.4 cm³/mol. The summed E-state index contributed by atoms with van der Waals surface area (Å²) in [5.74, 6) is 0.836. The molecule has 2 rings (SSSR count). The number of nitrogens with one attached hydrogen (secondary N) is 1. The smallest absolute Gasteiger partial charge is 0.123 e. The van der Waals surface area contributed by atoms with Crippen molar-refractivity contribution in [3.05, 3.63) is 29.8 Å². The molecule has 0 saturated heterocycles. The van der Waals surface area contributed by atoms with Crippen molar-refractivity contribution in [3.8, 4) is 5.75 Å². The highest BCUT2D eigenvalue weighted by atomic mass is 16.5. The Balaban J connectivity index is 2.20. The maximum Gasteiger partial charge on any atom is 0.123 e. The number of benzene rings is 1. The van der Waals surface area contributed by atoms with E-state index in [1.54, 1.807) is 7.11 Å². The summed E-state index contributed by atoms with van der Waals surface area (Å²) in [4.78, 5) is 0. The number of methoxy groups -OCH3 is 1. The average Bonchev–Trinajstić information content (AvgIpc) is 2.48. The Labute approximate surface area is 116 Å². The summed E-state index contributed by atoms with van der Waals surface area (Å²) in [6.45, 7) is 2.13. The molecule has 0 spiro atoms. The summed E-state index contributed by atoms with van der Waals surface area (Å²) in [6, 6.07) is 8.43. The van der Waals surface area contributed by atoms with Crippen LogP contribution in [0.2, 0.25) is 0 Å². The molecule has 106 valence electrons. The van der Waals surface area contributed by atoms with E-state index in [9.17, 15) is 5.11 Å². The molecule has 1 atom stereocenters. The van der Waals surface area contributed by atoms with Gasteiger partial charge in [0.1, 0.15) is 5.75 Å². The van der Waals surface area contributed by atoms with Gasteiger partial charge < -0.3 is 15.2 Å². The molecule has 0 bridgehead atoms. The van der Waals surface area contributed by atoms with Gasteiger partial charge in [0.25, 0.3) is 0 Å². The van der Waals surface area contributed by atoms with Crippen LogP contribution in [0.25, 0.3) is 0 Å². The molecular formula is C16H25NO2. The third kappa shape index (κ3) is 3.28. The fraction of sp³-hybridized carbons (Fsp3) is 0.625. The number of ether oxygens (including phenoxy) is 1. The minimum atomic E-state index is -0.436. The van der Waals surface area contributed by atoms with Gasteiger partial charge in [-0.15, -0.1) is 0 Å². The molecule has 0 aromatic heterocycles. The molecule has 1 aromatic rings. The van der Waals surface area contributed by atoms with Crippen LogP contribution in [0.4, 0.5) is 0 Å². The molecule has 3 nitrogen and oxygen atoms in total. The molecule has 1 aliphatic carbocycles. The van der Waals surface area contributed by atoms with Crippen molar-refractivity contribution < 1.29 is 9.84 Å². The maximum atomic E-state index is 9.87. The number of hydrogen-bond acceptors (Lipinski definition) is 3. The SMILES string of the molecule is COc1ccccc1C(C)(CO)NC1CCCCC1. The van der Waals surface area contributed by atoms with Gasteiger partial charge in [-0.25, -0.2) is 0 Å². The highest BCUT2D eigenvalue weighted by Gasteiger charge is 2.31. The van der Waals surface area contributed by atoms with Crippen molar-refractivity contribution in [1.29, 1.82) is 0 Å². The normalized spacial score (nSPS) is 19.9. The second kappa shape index (κ2) is 6.40. The Morgan fingerprint density at radius 3 is 2.58 bits per heavy atom. The third-order valence-electron chi connectivity index (χ3n) is 4.15. The van der Waals surface area contributed by atoms with Gasteiger partial charge in [0.05, 0.1) is 19.3 Å². The number of rotatable bonds is 5. The van der Waals surface area contributed by atoms with Gasteiger partial charge in [0, 0.05) is 11.6 Å². The summed E-state index contributed by atoms with van der Waals surface area (Å²) in [5, 5.41) is 13.5. The van der Waals surface area contributed by atoms with Crippen molar-refractivity contribution in [3.63, 3.8) is 0 Å². The topological polar surface area (TPSA) is 41.5 Å². The molecule has 0 aliphatic heterocycles. The Bertz CT molecular complexity index is 401. The molecule has 0 radical (unpaired) electrons. The second-order valence-corrected chi connectivity index (χ2v) is 5.67. The van der Waals surface area contributed by atoms with Gasteiger partial charge in [-0.1, -0.05) is 37.5 Å². The van der Waals surface area contributed by atoms with Crippen molar-refractivity contribution >= 4 is 0 Å². The number of aliphatic hydroxyl groups is 1. The fourth-order valence-corrected chi connectivity index (χ4v) is 3.01. The van der Waals surface area contributed by atoms with Crippen molar-refractivity contribution in [1.82, 2.24) is 5.32 Å². The first-order valence-corrected chi connectivity index (χ1v) is 7.21. The molecule has 0 amide bonds. The number of hydrogen-bond donors (Lipinski definition) is 2. The minimum Gasteiger partial charge on any atom is -0.496 e. The van der Waals surface area contributed by atoms with E-state index in [2.05, 4.69) is 12.2 Å². The van der Waals surface area contributed by atoms with E-state index in [-0.39, 0.29) is 6.61 Å². The molecule has 1 aliphatic rings. The first-order valence-electron chi connectivity index (χ1n) is 7.21. The van der Waals surface area contributed by atoms with Crippen LogP contribution in [0, 0.1) is 0 Å². The zero-order chi connectivity index (χ0) is 13.7. The predicted octanol–water partition coefficient (Wildman–Crippen LogP) is 2.83. The third-order valence-corrected chi connectivity index (χ3v) is 4.15. The van der Waals surface area contributed by atoms with Crippen molar-refractivity contribution in [2.45, 2.75) is 50.6 Å². The van der Waals surface area contributed by atoms with Crippen LogP contribution in [0.3, 0.4) is 0 Å². The Morgan fingerprint density at radius 1 is 1.26 bits per heavy atom. The lowest BCUT2D eigenvalue weighted by atomic mass is 9.87. The molecule has 0 heterocycles. The lowest BCUT2D eigenvalue weighted by Gasteiger charge is -2.36. The first kappa shape index (κ1) is 14.4. The molecule has 1 fully saturated rings. The zero-order valence-corrected chi connectivity index (χ0v) is 12.0. The van der Waals surface area contributed by atoms with Gasteiger partial charge in [-0.05, 0) is 25.8 Å². The van der Waals surface area contributed by atoms with Crippen LogP contribution in [-0.2, 0) is 5.54 Å². The highest BCUT2D eigenvalue weighted by Crippen LogP contribution is 2.31. The quantitative estimate of drug-likeness (QED) is 0.858. The van der Waals surface area contributed by atoms with Crippen molar-refractivity contribution in [2.75, 3.05) is 13.7 Å². The van der Waals surface area contributed by atoms with E-state index >= 15 is 0 Å². The van der Waals surface area contributed by atoms with Crippen LogP contribution in [-0.4, -0.2) is 24.9 Å². The van der Waals surface area contributed by atoms with Crippen LogP contribution in [0.15, 0.2) is 24.3 Å². The number of para-hydroxylation sites is 1. The summed E-state index contributed by atoms with van der Waals surface area (Å²) in [7, 11) is 1.68. The van der Waals surface area contributed by atoms with Crippen LogP contribution >= 0.6 is 0 Å². The standard InChI is InChI=1S/C16H25NO2/c1-16(12-18,17-13-8-4-3-5-9-13)14-10-6-7-11-15(14)19-2/h6-7,10-11,13,17-18H,3-5,8-9,12H2,1-2H3. The molecule has 1 saturated carbocycles. The summed E-state index contributed by atoms with van der Waals surface area (Å²) in [5.41, 5.74) is 0.597.